The fourth-order valence-electron chi connectivity index (χ4n) is 2.30. The highest BCUT2D eigenvalue weighted by molar-refractivity contribution is 6.30. The van der Waals surface area contributed by atoms with Crippen LogP contribution in [0.3, 0.4) is 0 Å². The van der Waals surface area contributed by atoms with Gasteiger partial charge in [0.1, 0.15) is 5.82 Å². The Kier molecular flexibility index (Phi) is 4.02. The number of halogens is 2. The van der Waals surface area contributed by atoms with E-state index >= 15 is 0 Å². The third kappa shape index (κ3) is 2.97. The number of nitrogens with zero attached hydrogens (tertiary/aromatic N) is 1. The maximum absolute atomic E-state index is 13.7. The van der Waals surface area contributed by atoms with Crippen molar-refractivity contribution in [1.29, 1.82) is 0 Å². The summed E-state index contributed by atoms with van der Waals surface area (Å²) in [6.45, 7) is 3.58. The molecule has 0 radical (unpaired) electrons. The van der Waals surface area contributed by atoms with Gasteiger partial charge in [-0.2, -0.15) is 0 Å². The number of aliphatic hydroxyl groups excluding tert-OH is 1. The van der Waals surface area contributed by atoms with Gasteiger partial charge in [-0.05, 0) is 38.0 Å². The lowest BCUT2D eigenvalue weighted by Gasteiger charge is -2.34. The van der Waals surface area contributed by atoms with Gasteiger partial charge in [-0.1, -0.05) is 11.6 Å². The van der Waals surface area contributed by atoms with Gasteiger partial charge in [0.2, 0.25) is 0 Å². The van der Waals surface area contributed by atoms with Crippen molar-refractivity contribution in [3.63, 3.8) is 0 Å². The first kappa shape index (κ1) is 12.8. The molecule has 1 fully saturated rings. The summed E-state index contributed by atoms with van der Waals surface area (Å²) >= 11 is 5.90. The van der Waals surface area contributed by atoms with Crippen LogP contribution in [0.15, 0.2) is 18.2 Å². The van der Waals surface area contributed by atoms with Gasteiger partial charge in [0.25, 0.3) is 0 Å². The Bertz CT molecular complexity index is 391. The van der Waals surface area contributed by atoms with Gasteiger partial charge in [0, 0.05) is 29.7 Å². The van der Waals surface area contributed by atoms with Crippen molar-refractivity contribution in [3.8, 4) is 0 Å². The van der Waals surface area contributed by atoms with E-state index in [4.69, 9.17) is 11.6 Å². The van der Waals surface area contributed by atoms with E-state index in [2.05, 4.69) is 4.90 Å². The summed E-state index contributed by atoms with van der Waals surface area (Å²) in [6, 6.07) is 4.66. The Hall–Kier alpha value is -0.640. The van der Waals surface area contributed by atoms with Crippen molar-refractivity contribution >= 4 is 11.6 Å². The first-order valence-corrected chi connectivity index (χ1v) is 6.33. The lowest BCUT2D eigenvalue weighted by molar-refractivity contribution is 0.0637. The van der Waals surface area contributed by atoms with Crippen LogP contribution in [0, 0.1) is 5.82 Å². The van der Waals surface area contributed by atoms with Crippen LogP contribution in [0.4, 0.5) is 4.39 Å². The third-order valence-corrected chi connectivity index (χ3v) is 3.69. The predicted octanol–water partition coefficient (Wildman–Crippen LogP) is 3.00. The topological polar surface area (TPSA) is 23.5 Å². The lowest BCUT2D eigenvalue weighted by Crippen LogP contribution is -2.37. The zero-order valence-corrected chi connectivity index (χ0v) is 10.6. The third-order valence-electron chi connectivity index (χ3n) is 3.45. The van der Waals surface area contributed by atoms with Crippen LogP contribution in [-0.4, -0.2) is 29.2 Å². The molecule has 4 heteroatoms. The van der Waals surface area contributed by atoms with Crippen molar-refractivity contribution < 1.29 is 9.50 Å². The Balaban J connectivity index is 2.13. The molecule has 1 aromatic rings. The summed E-state index contributed by atoms with van der Waals surface area (Å²) in [5.74, 6) is -0.215. The highest BCUT2D eigenvalue weighted by atomic mass is 35.5. The molecule has 2 rings (SSSR count). The van der Waals surface area contributed by atoms with Crippen molar-refractivity contribution in [1.82, 2.24) is 4.90 Å². The number of benzene rings is 1. The maximum atomic E-state index is 13.7. The number of piperidine rings is 1. The van der Waals surface area contributed by atoms with Gasteiger partial charge in [-0.3, -0.25) is 4.90 Å². The number of aliphatic hydroxyl groups is 1. The molecule has 94 valence electrons. The molecule has 0 unspecified atom stereocenters. The molecule has 0 saturated carbocycles. The van der Waals surface area contributed by atoms with E-state index in [1.54, 1.807) is 12.1 Å². The normalized spacial score (nSPS) is 20.5. The Morgan fingerprint density at radius 3 is 2.71 bits per heavy atom. The molecule has 0 aliphatic carbocycles. The molecular formula is C13H17ClFNO. The van der Waals surface area contributed by atoms with E-state index in [1.807, 2.05) is 6.92 Å². The summed E-state index contributed by atoms with van der Waals surface area (Å²) in [6.07, 6.45) is 1.31. The van der Waals surface area contributed by atoms with Crippen molar-refractivity contribution in [2.45, 2.75) is 31.9 Å². The Morgan fingerprint density at radius 1 is 1.41 bits per heavy atom. The number of rotatable bonds is 2. The van der Waals surface area contributed by atoms with E-state index in [1.165, 1.54) is 6.07 Å². The van der Waals surface area contributed by atoms with Crippen molar-refractivity contribution in [2.24, 2.45) is 0 Å². The predicted molar refractivity (Wildman–Crippen MR) is 66.6 cm³/mol. The molecular weight excluding hydrogens is 241 g/mol. The molecule has 0 spiro atoms. The zero-order chi connectivity index (χ0) is 12.4. The van der Waals surface area contributed by atoms with Crippen LogP contribution in [0.2, 0.25) is 5.02 Å². The molecule has 0 aromatic heterocycles. The molecule has 1 aliphatic heterocycles. The van der Waals surface area contributed by atoms with Gasteiger partial charge in [-0.15, -0.1) is 0 Å². The molecule has 1 atom stereocenters. The van der Waals surface area contributed by atoms with Crippen LogP contribution in [0.25, 0.3) is 0 Å². The first-order valence-electron chi connectivity index (χ1n) is 5.95. The van der Waals surface area contributed by atoms with Crippen LogP contribution < -0.4 is 0 Å². The lowest BCUT2D eigenvalue weighted by atomic mass is 10.0. The zero-order valence-electron chi connectivity index (χ0n) is 9.87. The maximum Gasteiger partial charge on any atom is 0.128 e. The van der Waals surface area contributed by atoms with Crippen molar-refractivity contribution in [2.75, 3.05) is 13.1 Å². The summed E-state index contributed by atoms with van der Waals surface area (Å²) in [4.78, 5) is 2.18. The fourth-order valence-corrected chi connectivity index (χ4v) is 2.49. The second-order valence-electron chi connectivity index (χ2n) is 4.61. The molecule has 1 aliphatic rings. The van der Waals surface area contributed by atoms with Crippen LogP contribution >= 0.6 is 11.6 Å². The van der Waals surface area contributed by atoms with Gasteiger partial charge >= 0.3 is 0 Å². The standard InChI is InChI=1S/C13H17ClFNO/c1-9(16-6-4-11(17)5-7-16)12-8-10(14)2-3-13(12)15/h2-3,8-9,11,17H,4-7H2,1H3/t9-/m1/s1. The molecule has 0 amide bonds. The van der Waals surface area contributed by atoms with E-state index in [0.29, 0.717) is 10.6 Å². The number of likely N-dealkylation sites (tertiary alicyclic amines) is 1. The molecule has 1 saturated heterocycles. The highest BCUT2D eigenvalue weighted by Gasteiger charge is 2.23. The number of hydrogen-bond donors (Lipinski definition) is 1. The molecule has 1 N–H and O–H groups in total. The van der Waals surface area contributed by atoms with Crippen molar-refractivity contribution in [3.05, 3.63) is 34.6 Å². The summed E-state index contributed by atoms with van der Waals surface area (Å²) in [7, 11) is 0. The Labute approximate surface area is 106 Å². The first-order chi connectivity index (χ1) is 8.08. The van der Waals surface area contributed by atoms with E-state index in [-0.39, 0.29) is 18.0 Å². The summed E-state index contributed by atoms with van der Waals surface area (Å²) in [5, 5.41) is 10.0. The van der Waals surface area contributed by atoms with Crippen LogP contribution in [-0.2, 0) is 0 Å². The second-order valence-corrected chi connectivity index (χ2v) is 5.05. The molecule has 1 aromatic carbocycles. The quantitative estimate of drug-likeness (QED) is 0.881. The minimum Gasteiger partial charge on any atom is -0.393 e. The second kappa shape index (κ2) is 5.34. The van der Waals surface area contributed by atoms with Gasteiger partial charge < -0.3 is 5.11 Å². The van der Waals surface area contributed by atoms with E-state index in [9.17, 15) is 9.50 Å². The minimum atomic E-state index is -0.215. The van der Waals surface area contributed by atoms with Gasteiger partial charge in [-0.25, -0.2) is 4.39 Å². The van der Waals surface area contributed by atoms with Crippen LogP contribution in [0.1, 0.15) is 31.4 Å². The largest absolute Gasteiger partial charge is 0.393 e. The average Bonchev–Trinajstić information content (AvgIpc) is 2.32. The molecule has 0 bridgehead atoms. The molecule has 2 nitrogen and oxygen atoms in total. The molecule has 1 heterocycles. The van der Waals surface area contributed by atoms with E-state index < -0.39 is 0 Å². The van der Waals surface area contributed by atoms with Gasteiger partial charge in [0.15, 0.2) is 0 Å². The Morgan fingerprint density at radius 2 is 2.06 bits per heavy atom. The fraction of sp³-hybridized carbons (Fsp3) is 0.538. The summed E-state index contributed by atoms with van der Waals surface area (Å²) < 4.78 is 13.7. The molecule has 17 heavy (non-hydrogen) atoms. The summed E-state index contributed by atoms with van der Waals surface area (Å²) in [5.41, 5.74) is 0.633. The number of hydrogen-bond acceptors (Lipinski definition) is 2. The SMILES string of the molecule is C[C@H](c1cc(Cl)ccc1F)N1CCC(O)CC1. The van der Waals surface area contributed by atoms with Crippen LogP contribution in [0.5, 0.6) is 0 Å². The average molecular weight is 258 g/mol. The minimum absolute atomic E-state index is 0.00111. The smallest absolute Gasteiger partial charge is 0.128 e. The van der Waals surface area contributed by atoms with E-state index in [0.717, 1.165) is 25.9 Å². The monoisotopic (exact) mass is 257 g/mol. The van der Waals surface area contributed by atoms with Gasteiger partial charge in [0.05, 0.1) is 6.10 Å². The highest BCUT2D eigenvalue weighted by Crippen LogP contribution is 2.28.